The van der Waals surface area contributed by atoms with Gasteiger partial charge in [0.2, 0.25) is 0 Å². The van der Waals surface area contributed by atoms with E-state index in [1.54, 1.807) is 0 Å². The molecule has 0 aliphatic carbocycles. The summed E-state index contributed by atoms with van der Waals surface area (Å²) in [7, 11) is 0. The van der Waals surface area contributed by atoms with Gasteiger partial charge >= 0.3 is 0 Å². The van der Waals surface area contributed by atoms with Crippen LogP contribution in [-0.4, -0.2) is 5.91 Å². The molecule has 0 aliphatic rings. The number of nitrogens with two attached hydrogens (primary N) is 1. The van der Waals surface area contributed by atoms with Crippen LogP contribution in [-0.2, 0) is 0 Å². The standard InChI is InChI=1S/C13H9F3N2O/c14-7-2-4-12(10(16)5-7)18-13(19)9-3-1-8(15)6-11(9)17/h1-6H,17H2,(H,18,19). The fraction of sp³-hybridized carbons (Fsp3) is 0. The van der Waals surface area contributed by atoms with Crippen LogP contribution < -0.4 is 11.1 Å². The van der Waals surface area contributed by atoms with E-state index in [9.17, 15) is 18.0 Å². The Hall–Kier alpha value is -2.50. The first kappa shape index (κ1) is 12.9. The lowest BCUT2D eigenvalue weighted by atomic mass is 10.1. The van der Waals surface area contributed by atoms with Crippen molar-refractivity contribution in [3.05, 3.63) is 59.4 Å². The molecular formula is C13H9F3N2O. The number of benzene rings is 2. The number of halogens is 3. The van der Waals surface area contributed by atoms with Gasteiger partial charge in [0.1, 0.15) is 17.5 Å². The van der Waals surface area contributed by atoms with E-state index in [0.717, 1.165) is 24.3 Å². The normalized spacial score (nSPS) is 10.3. The summed E-state index contributed by atoms with van der Waals surface area (Å²) in [5, 5.41) is 2.23. The van der Waals surface area contributed by atoms with Crippen LogP contribution in [0.25, 0.3) is 0 Å². The Kier molecular flexibility index (Phi) is 3.41. The molecule has 1 amide bonds. The second-order valence-electron chi connectivity index (χ2n) is 3.81. The topological polar surface area (TPSA) is 55.1 Å². The molecule has 0 spiro atoms. The molecule has 0 heterocycles. The minimum Gasteiger partial charge on any atom is -0.398 e. The van der Waals surface area contributed by atoms with E-state index in [1.807, 2.05) is 0 Å². The summed E-state index contributed by atoms with van der Waals surface area (Å²) < 4.78 is 38.9. The van der Waals surface area contributed by atoms with Crippen LogP contribution in [0.2, 0.25) is 0 Å². The van der Waals surface area contributed by atoms with Crippen LogP contribution in [0.5, 0.6) is 0 Å². The Labute approximate surface area is 106 Å². The Balaban J connectivity index is 2.25. The summed E-state index contributed by atoms with van der Waals surface area (Å²) in [6, 6.07) is 5.96. The zero-order chi connectivity index (χ0) is 14.0. The zero-order valence-corrected chi connectivity index (χ0v) is 9.58. The molecule has 0 fully saturated rings. The number of carbonyl (C=O) groups is 1. The third-order valence-corrected chi connectivity index (χ3v) is 2.44. The molecule has 0 unspecified atom stereocenters. The molecule has 0 aliphatic heterocycles. The van der Waals surface area contributed by atoms with E-state index in [-0.39, 0.29) is 16.9 Å². The average molecular weight is 266 g/mol. The van der Waals surface area contributed by atoms with Gasteiger partial charge in [-0.15, -0.1) is 0 Å². The molecule has 3 N–H and O–H groups in total. The maximum atomic E-state index is 13.3. The molecule has 0 radical (unpaired) electrons. The van der Waals surface area contributed by atoms with E-state index in [2.05, 4.69) is 5.32 Å². The Morgan fingerprint density at radius 2 is 1.63 bits per heavy atom. The molecule has 0 bridgehead atoms. The molecule has 0 aromatic heterocycles. The number of anilines is 2. The van der Waals surface area contributed by atoms with Gasteiger partial charge in [-0.05, 0) is 30.3 Å². The van der Waals surface area contributed by atoms with Gasteiger partial charge in [0.25, 0.3) is 5.91 Å². The molecule has 6 heteroatoms. The van der Waals surface area contributed by atoms with Crippen molar-refractivity contribution in [2.75, 3.05) is 11.1 Å². The number of rotatable bonds is 2. The summed E-state index contributed by atoms with van der Waals surface area (Å²) in [4.78, 5) is 11.8. The molecule has 2 aromatic carbocycles. The van der Waals surface area contributed by atoms with Crippen LogP contribution in [0, 0.1) is 17.5 Å². The van der Waals surface area contributed by atoms with Crippen LogP contribution in [0.4, 0.5) is 24.5 Å². The van der Waals surface area contributed by atoms with Gasteiger partial charge in [-0.3, -0.25) is 4.79 Å². The number of nitrogen functional groups attached to an aromatic ring is 1. The van der Waals surface area contributed by atoms with Gasteiger partial charge in [-0.1, -0.05) is 0 Å². The van der Waals surface area contributed by atoms with E-state index in [4.69, 9.17) is 5.73 Å². The van der Waals surface area contributed by atoms with Crippen LogP contribution in [0.3, 0.4) is 0 Å². The van der Waals surface area contributed by atoms with Crippen LogP contribution in [0.1, 0.15) is 10.4 Å². The average Bonchev–Trinajstić information content (AvgIpc) is 2.32. The number of nitrogens with one attached hydrogen (secondary N) is 1. The van der Waals surface area contributed by atoms with Crippen molar-refractivity contribution in [3.8, 4) is 0 Å². The summed E-state index contributed by atoms with van der Waals surface area (Å²) in [5.41, 5.74) is 5.23. The minimum atomic E-state index is -0.908. The molecule has 19 heavy (non-hydrogen) atoms. The number of hydrogen-bond acceptors (Lipinski definition) is 2. The van der Waals surface area contributed by atoms with E-state index in [1.165, 1.54) is 6.07 Å². The molecule has 0 saturated heterocycles. The largest absolute Gasteiger partial charge is 0.398 e. The Bertz CT molecular complexity index is 644. The molecule has 2 aromatic rings. The van der Waals surface area contributed by atoms with Crippen molar-refractivity contribution in [2.24, 2.45) is 0 Å². The van der Waals surface area contributed by atoms with Crippen molar-refractivity contribution in [1.82, 2.24) is 0 Å². The summed E-state index contributed by atoms with van der Waals surface area (Å²) in [5.74, 6) is -2.95. The van der Waals surface area contributed by atoms with Crippen LogP contribution in [0.15, 0.2) is 36.4 Å². The highest BCUT2D eigenvalue weighted by Crippen LogP contribution is 2.19. The van der Waals surface area contributed by atoms with Gasteiger partial charge < -0.3 is 11.1 Å². The summed E-state index contributed by atoms with van der Waals surface area (Å²) in [6.07, 6.45) is 0. The number of amides is 1. The predicted octanol–water partition coefficient (Wildman–Crippen LogP) is 2.94. The summed E-state index contributed by atoms with van der Waals surface area (Å²) >= 11 is 0. The molecule has 98 valence electrons. The van der Waals surface area contributed by atoms with Gasteiger partial charge in [0.15, 0.2) is 0 Å². The zero-order valence-electron chi connectivity index (χ0n) is 9.58. The molecule has 0 saturated carbocycles. The first-order valence-corrected chi connectivity index (χ1v) is 5.29. The lowest BCUT2D eigenvalue weighted by molar-refractivity contribution is 0.102. The second kappa shape index (κ2) is 5.01. The van der Waals surface area contributed by atoms with E-state index >= 15 is 0 Å². The van der Waals surface area contributed by atoms with Gasteiger partial charge in [-0.2, -0.15) is 0 Å². The highest BCUT2D eigenvalue weighted by molar-refractivity contribution is 6.07. The number of hydrogen-bond donors (Lipinski definition) is 2. The smallest absolute Gasteiger partial charge is 0.257 e. The van der Waals surface area contributed by atoms with Gasteiger partial charge in [-0.25, -0.2) is 13.2 Å². The van der Waals surface area contributed by atoms with Gasteiger partial charge in [0, 0.05) is 11.8 Å². The summed E-state index contributed by atoms with van der Waals surface area (Å²) in [6.45, 7) is 0. The third kappa shape index (κ3) is 2.85. The quantitative estimate of drug-likeness (QED) is 0.821. The Morgan fingerprint density at radius 1 is 1.00 bits per heavy atom. The number of carbonyl (C=O) groups excluding carboxylic acids is 1. The van der Waals surface area contributed by atoms with E-state index in [0.29, 0.717) is 6.07 Å². The molecular weight excluding hydrogens is 257 g/mol. The Morgan fingerprint density at radius 3 is 2.26 bits per heavy atom. The first-order chi connectivity index (χ1) is 8.97. The fourth-order valence-electron chi connectivity index (χ4n) is 1.52. The highest BCUT2D eigenvalue weighted by Gasteiger charge is 2.13. The highest BCUT2D eigenvalue weighted by atomic mass is 19.1. The lowest BCUT2D eigenvalue weighted by Gasteiger charge is -2.08. The molecule has 0 atom stereocenters. The van der Waals surface area contributed by atoms with Crippen molar-refractivity contribution in [1.29, 1.82) is 0 Å². The molecule has 2 rings (SSSR count). The van der Waals surface area contributed by atoms with Crippen molar-refractivity contribution >= 4 is 17.3 Å². The minimum absolute atomic E-state index is 0.00475. The van der Waals surface area contributed by atoms with Crippen molar-refractivity contribution < 1.29 is 18.0 Å². The second-order valence-corrected chi connectivity index (χ2v) is 3.81. The lowest BCUT2D eigenvalue weighted by Crippen LogP contribution is -2.15. The van der Waals surface area contributed by atoms with Crippen molar-refractivity contribution in [3.63, 3.8) is 0 Å². The first-order valence-electron chi connectivity index (χ1n) is 5.29. The SMILES string of the molecule is Nc1cc(F)ccc1C(=O)Nc1ccc(F)cc1F. The monoisotopic (exact) mass is 266 g/mol. The van der Waals surface area contributed by atoms with Crippen LogP contribution >= 0.6 is 0 Å². The predicted molar refractivity (Wildman–Crippen MR) is 65.1 cm³/mol. The van der Waals surface area contributed by atoms with Gasteiger partial charge in [0.05, 0.1) is 11.3 Å². The maximum Gasteiger partial charge on any atom is 0.257 e. The van der Waals surface area contributed by atoms with E-state index < -0.39 is 23.4 Å². The maximum absolute atomic E-state index is 13.3. The third-order valence-electron chi connectivity index (χ3n) is 2.44. The fourth-order valence-corrected chi connectivity index (χ4v) is 1.52. The molecule has 3 nitrogen and oxygen atoms in total. The van der Waals surface area contributed by atoms with Crippen molar-refractivity contribution in [2.45, 2.75) is 0 Å².